The van der Waals surface area contributed by atoms with Gasteiger partial charge in [-0.1, -0.05) is 30.7 Å². The first-order valence-electron chi connectivity index (χ1n) is 9.36. The van der Waals surface area contributed by atoms with Gasteiger partial charge in [-0.2, -0.15) is 0 Å². The maximum atomic E-state index is 12.1. The fraction of sp³-hybridized carbons (Fsp3) is 0.400. The number of carbonyl (C=O) groups is 1. The number of thiophene rings is 1. The normalized spacial score (nSPS) is 12.5. The van der Waals surface area contributed by atoms with Crippen molar-refractivity contribution in [3.05, 3.63) is 56.7 Å². The molecule has 28 heavy (non-hydrogen) atoms. The van der Waals surface area contributed by atoms with Crippen molar-refractivity contribution >= 4 is 34.8 Å². The van der Waals surface area contributed by atoms with E-state index in [4.69, 9.17) is 11.6 Å². The number of aliphatic imine (C=N–C) groups is 1. The third-order valence-electron chi connectivity index (χ3n) is 3.87. The molecule has 0 saturated carbocycles. The lowest BCUT2D eigenvalue weighted by molar-refractivity contribution is 0.0953. The van der Waals surface area contributed by atoms with E-state index in [2.05, 4.69) is 20.9 Å². The molecule has 4 N–H and O–H groups in total. The van der Waals surface area contributed by atoms with E-state index in [1.165, 1.54) is 11.3 Å². The average Bonchev–Trinajstić information content (AvgIpc) is 3.14. The molecule has 8 heteroatoms. The van der Waals surface area contributed by atoms with Crippen LogP contribution in [0.3, 0.4) is 0 Å². The van der Waals surface area contributed by atoms with Gasteiger partial charge in [-0.25, -0.2) is 4.99 Å². The van der Waals surface area contributed by atoms with Gasteiger partial charge >= 0.3 is 0 Å². The van der Waals surface area contributed by atoms with E-state index >= 15 is 0 Å². The van der Waals surface area contributed by atoms with Gasteiger partial charge in [0, 0.05) is 30.1 Å². The Labute approximate surface area is 175 Å². The molecule has 0 aliphatic rings. The SMILES string of the molecule is CCCNC(=O)c1cccc(CN=C(NCC)NCC(O)c2ccc(Cl)s2)c1. The molecule has 1 aromatic heterocycles. The van der Waals surface area contributed by atoms with Crippen LogP contribution in [-0.2, 0) is 6.54 Å². The second kappa shape index (κ2) is 11.7. The molecule has 0 aliphatic carbocycles. The fourth-order valence-electron chi connectivity index (χ4n) is 2.46. The lowest BCUT2D eigenvalue weighted by Gasteiger charge is -2.14. The number of benzene rings is 1. The number of hydrogen-bond acceptors (Lipinski definition) is 4. The zero-order valence-corrected chi connectivity index (χ0v) is 17.7. The largest absolute Gasteiger partial charge is 0.386 e. The minimum absolute atomic E-state index is 0.0737. The average molecular weight is 423 g/mol. The van der Waals surface area contributed by atoms with Gasteiger partial charge in [0.1, 0.15) is 6.10 Å². The summed E-state index contributed by atoms with van der Waals surface area (Å²) in [7, 11) is 0. The summed E-state index contributed by atoms with van der Waals surface area (Å²) in [5.41, 5.74) is 1.57. The Morgan fingerprint density at radius 3 is 2.71 bits per heavy atom. The molecular formula is C20H27ClN4O2S. The summed E-state index contributed by atoms with van der Waals surface area (Å²) >= 11 is 7.28. The number of aliphatic hydroxyl groups is 1. The molecule has 6 nitrogen and oxygen atoms in total. The second-order valence-electron chi connectivity index (χ2n) is 6.19. The molecule has 1 amide bonds. The molecule has 152 valence electrons. The van der Waals surface area contributed by atoms with Crippen molar-refractivity contribution in [1.29, 1.82) is 0 Å². The van der Waals surface area contributed by atoms with Gasteiger partial charge in [0.25, 0.3) is 5.91 Å². The first-order chi connectivity index (χ1) is 13.5. The lowest BCUT2D eigenvalue weighted by Crippen LogP contribution is -2.39. The molecule has 2 aromatic rings. The van der Waals surface area contributed by atoms with Crippen molar-refractivity contribution in [3.63, 3.8) is 0 Å². The van der Waals surface area contributed by atoms with Gasteiger partial charge in [0.05, 0.1) is 10.9 Å². The Balaban J connectivity index is 1.97. The molecule has 0 aliphatic heterocycles. The molecule has 0 saturated heterocycles. The standard InChI is InChI=1S/C20H27ClN4O2S/c1-3-10-23-19(27)15-7-5-6-14(11-15)12-24-20(22-4-2)25-13-16(26)17-8-9-18(21)28-17/h5-9,11,16,26H,3-4,10,12-13H2,1-2H3,(H,23,27)(H2,22,24,25). The number of rotatable bonds is 9. The molecule has 0 bridgehead atoms. The highest BCUT2D eigenvalue weighted by atomic mass is 35.5. The number of guanidine groups is 1. The fourth-order valence-corrected chi connectivity index (χ4v) is 3.51. The number of carbonyl (C=O) groups excluding carboxylic acids is 1. The third kappa shape index (κ3) is 7.14. The van der Waals surface area contributed by atoms with Gasteiger partial charge in [-0.3, -0.25) is 4.79 Å². The Bertz CT molecular complexity index is 794. The van der Waals surface area contributed by atoms with E-state index in [-0.39, 0.29) is 5.91 Å². The topological polar surface area (TPSA) is 85.8 Å². The molecule has 0 fully saturated rings. The van der Waals surface area contributed by atoms with Crippen LogP contribution in [0.15, 0.2) is 41.4 Å². The summed E-state index contributed by atoms with van der Waals surface area (Å²) in [5, 5.41) is 19.4. The van der Waals surface area contributed by atoms with E-state index in [9.17, 15) is 9.90 Å². The minimum atomic E-state index is -0.660. The van der Waals surface area contributed by atoms with Crippen LogP contribution in [0.5, 0.6) is 0 Å². The Hall–Kier alpha value is -2.09. The smallest absolute Gasteiger partial charge is 0.251 e. The lowest BCUT2D eigenvalue weighted by atomic mass is 10.1. The van der Waals surface area contributed by atoms with E-state index in [0.717, 1.165) is 16.9 Å². The monoisotopic (exact) mass is 422 g/mol. The minimum Gasteiger partial charge on any atom is -0.386 e. The number of nitrogens with zero attached hydrogens (tertiary/aromatic N) is 1. The molecular weight excluding hydrogens is 396 g/mol. The van der Waals surface area contributed by atoms with Gasteiger partial charge in [0.2, 0.25) is 0 Å². The summed E-state index contributed by atoms with van der Waals surface area (Å²) in [6, 6.07) is 11.0. The first kappa shape index (κ1) is 22.2. The molecule has 1 atom stereocenters. The van der Waals surface area contributed by atoms with Crippen LogP contribution in [0.1, 0.15) is 47.2 Å². The summed E-state index contributed by atoms with van der Waals surface area (Å²) in [6.45, 7) is 6.10. The van der Waals surface area contributed by atoms with Crippen LogP contribution in [-0.4, -0.2) is 36.6 Å². The quantitative estimate of drug-likeness (QED) is 0.369. The summed E-state index contributed by atoms with van der Waals surface area (Å²) in [4.78, 5) is 17.5. The molecule has 0 spiro atoms. The van der Waals surface area contributed by atoms with E-state index in [0.29, 0.717) is 42.0 Å². The maximum absolute atomic E-state index is 12.1. The first-order valence-corrected chi connectivity index (χ1v) is 10.6. The summed E-state index contributed by atoms with van der Waals surface area (Å²) < 4.78 is 0.650. The molecule has 0 radical (unpaired) electrons. The predicted octanol–water partition coefficient (Wildman–Crippen LogP) is 3.33. The molecule has 1 heterocycles. The number of nitrogens with one attached hydrogen (secondary N) is 3. The van der Waals surface area contributed by atoms with E-state index in [1.54, 1.807) is 12.1 Å². The Kier molecular flexibility index (Phi) is 9.27. The van der Waals surface area contributed by atoms with Gasteiger partial charge < -0.3 is 21.1 Å². The van der Waals surface area contributed by atoms with Gasteiger partial charge in [0.15, 0.2) is 5.96 Å². The van der Waals surface area contributed by atoms with Gasteiger partial charge in [-0.15, -0.1) is 11.3 Å². The van der Waals surface area contributed by atoms with Crippen LogP contribution in [0.25, 0.3) is 0 Å². The summed E-state index contributed by atoms with van der Waals surface area (Å²) in [6.07, 6.45) is 0.240. The van der Waals surface area contributed by atoms with Crippen molar-refractivity contribution in [2.75, 3.05) is 19.6 Å². The number of halogens is 1. The van der Waals surface area contributed by atoms with Crippen molar-refractivity contribution in [2.24, 2.45) is 4.99 Å². The van der Waals surface area contributed by atoms with Crippen LogP contribution < -0.4 is 16.0 Å². The Morgan fingerprint density at radius 1 is 1.21 bits per heavy atom. The number of hydrogen-bond donors (Lipinski definition) is 4. The van der Waals surface area contributed by atoms with Gasteiger partial charge in [-0.05, 0) is 43.2 Å². The van der Waals surface area contributed by atoms with Crippen molar-refractivity contribution < 1.29 is 9.90 Å². The van der Waals surface area contributed by atoms with Crippen LogP contribution >= 0.6 is 22.9 Å². The summed E-state index contributed by atoms with van der Waals surface area (Å²) in [5.74, 6) is 0.528. The maximum Gasteiger partial charge on any atom is 0.251 e. The van der Waals surface area contributed by atoms with Crippen molar-refractivity contribution in [2.45, 2.75) is 32.9 Å². The zero-order valence-electron chi connectivity index (χ0n) is 16.2. The van der Waals surface area contributed by atoms with E-state index < -0.39 is 6.10 Å². The van der Waals surface area contributed by atoms with Crippen LogP contribution in [0.4, 0.5) is 0 Å². The Morgan fingerprint density at radius 2 is 2.04 bits per heavy atom. The predicted molar refractivity (Wildman–Crippen MR) is 116 cm³/mol. The van der Waals surface area contributed by atoms with Crippen LogP contribution in [0.2, 0.25) is 4.34 Å². The number of aliphatic hydroxyl groups excluding tert-OH is 1. The van der Waals surface area contributed by atoms with E-state index in [1.807, 2.05) is 38.1 Å². The zero-order chi connectivity index (χ0) is 20.4. The highest BCUT2D eigenvalue weighted by Gasteiger charge is 2.11. The highest BCUT2D eigenvalue weighted by molar-refractivity contribution is 7.16. The van der Waals surface area contributed by atoms with Crippen LogP contribution in [0, 0.1) is 0 Å². The van der Waals surface area contributed by atoms with Crippen molar-refractivity contribution in [3.8, 4) is 0 Å². The number of amides is 1. The van der Waals surface area contributed by atoms with Crippen molar-refractivity contribution in [1.82, 2.24) is 16.0 Å². The second-order valence-corrected chi connectivity index (χ2v) is 7.94. The third-order valence-corrected chi connectivity index (χ3v) is 5.21. The molecule has 1 aromatic carbocycles. The highest BCUT2D eigenvalue weighted by Crippen LogP contribution is 2.26. The molecule has 2 rings (SSSR count). The molecule has 1 unspecified atom stereocenters.